The molecule has 33 heavy (non-hydrogen) atoms. The van der Waals surface area contributed by atoms with E-state index in [4.69, 9.17) is 22.1 Å². The fraction of sp³-hybridized carbons (Fsp3) is 0.304. The van der Waals surface area contributed by atoms with Crippen molar-refractivity contribution in [3.8, 4) is 0 Å². The summed E-state index contributed by atoms with van der Waals surface area (Å²) in [4.78, 5) is 38.9. The van der Waals surface area contributed by atoms with Crippen LogP contribution in [0.3, 0.4) is 0 Å². The quantitative estimate of drug-likeness (QED) is 0.538. The van der Waals surface area contributed by atoms with Crippen LogP contribution < -0.4 is 5.73 Å². The van der Waals surface area contributed by atoms with E-state index >= 15 is 0 Å². The summed E-state index contributed by atoms with van der Waals surface area (Å²) in [5.41, 5.74) is 7.56. The number of amides is 2. The second-order valence-electron chi connectivity index (χ2n) is 7.86. The minimum Gasteiger partial charge on any atom is -0.383 e. The Morgan fingerprint density at radius 2 is 2.15 bits per heavy atom. The molecule has 2 aromatic heterocycles. The third kappa shape index (κ3) is 5.00. The van der Waals surface area contributed by atoms with Gasteiger partial charge in [0, 0.05) is 42.6 Å². The van der Waals surface area contributed by atoms with Gasteiger partial charge in [0.2, 0.25) is 11.8 Å². The molecule has 1 unspecified atom stereocenters. The van der Waals surface area contributed by atoms with E-state index in [1.165, 1.54) is 30.8 Å². The number of nitrogens with zero attached hydrogens (tertiary/aromatic N) is 4. The average molecular weight is 486 g/mol. The molecule has 172 valence electrons. The van der Waals surface area contributed by atoms with E-state index in [1.807, 2.05) is 31.2 Å². The number of hydrogen-bond acceptors (Lipinski definition) is 7. The molecule has 0 radical (unpaired) electrons. The van der Waals surface area contributed by atoms with Gasteiger partial charge in [0.25, 0.3) is 0 Å². The van der Waals surface area contributed by atoms with E-state index in [-0.39, 0.29) is 24.5 Å². The normalized spacial score (nSPS) is 19.1. The van der Waals surface area contributed by atoms with Crippen LogP contribution in [0.1, 0.15) is 17.4 Å². The number of carbonyl (C=O) groups is 2. The molecule has 1 saturated heterocycles. The fourth-order valence-corrected chi connectivity index (χ4v) is 4.90. The number of piperazine rings is 1. The molecule has 0 bridgehead atoms. The number of benzene rings is 1. The molecule has 3 heterocycles. The number of nitrogen functional groups attached to an aromatic ring is 1. The topological polar surface area (TPSA) is 102 Å². The molecule has 2 atom stereocenters. The Hall–Kier alpha value is -3.01. The van der Waals surface area contributed by atoms with E-state index in [2.05, 4.69) is 9.97 Å². The van der Waals surface area contributed by atoms with Crippen molar-refractivity contribution in [1.29, 1.82) is 0 Å². The lowest BCUT2D eigenvalue weighted by Crippen LogP contribution is -2.63. The van der Waals surface area contributed by atoms with Crippen LogP contribution in [0.15, 0.2) is 42.7 Å². The van der Waals surface area contributed by atoms with Crippen molar-refractivity contribution in [2.75, 3.05) is 26.0 Å². The number of nitrogens with two attached hydrogens (primary N) is 1. The van der Waals surface area contributed by atoms with Gasteiger partial charge < -0.3 is 20.3 Å². The zero-order chi connectivity index (χ0) is 23.5. The lowest BCUT2D eigenvalue weighted by molar-refractivity contribution is -0.155. The van der Waals surface area contributed by atoms with Crippen molar-refractivity contribution in [1.82, 2.24) is 19.8 Å². The van der Waals surface area contributed by atoms with Crippen LogP contribution >= 0.6 is 22.9 Å². The Morgan fingerprint density at radius 1 is 1.33 bits per heavy atom. The molecular weight excluding hydrogens is 462 g/mol. The van der Waals surface area contributed by atoms with E-state index in [1.54, 1.807) is 21.9 Å². The highest BCUT2D eigenvalue weighted by atomic mass is 35.5. The van der Waals surface area contributed by atoms with Gasteiger partial charge in [-0.3, -0.25) is 9.59 Å². The summed E-state index contributed by atoms with van der Waals surface area (Å²) < 4.78 is 5.94. The highest BCUT2D eigenvalue weighted by Gasteiger charge is 2.40. The van der Waals surface area contributed by atoms with E-state index in [0.717, 1.165) is 21.3 Å². The van der Waals surface area contributed by atoms with Crippen molar-refractivity contribution in [3.63, 3.8) is 0 Å². The zero-order valence-electron chi connectivity index (χ0n) is 18.3. The largest absolute Gasteiger partial charge is 0.383 e. The monoisotopic (exact) mass is 485 g/mol. The maximum atomic E-state index is 13.4. The van der Waals surface area contributed by atoms with Gasteiger partial charge in [-0.05, 0) is 42.8 Å². The van der Waals surface area contributed by atoms with Gasteiger partial charge in [-0.1, -0.05) is 17.7 Å². The Labute approximate surface area is 200 Å². The standard InChI is InChI=1S/C23H24ClN5O3S/c1-14-10-29(21(30)8-5-16-4-7-20(24)33-16)19(12-32-2)23(31)28(14)11-15-3-6-17-18(9-15)26-13-27-22(17)25/h3-9,13-14,19H,10-12H2,1-2H3,(H2,25,26,27)/t14?,19-/m0/s1. The Balaban J connectivity index is 1.53. The van der Waals surface area contributed by atoms with Crippen LogP contribution in [-0.4, -0.2) is 63.9 Å². The number of fused-ring (bicyclic) bond motifs is 1. The summed E-state index contributed by atoms with van der Waals surface area (Å²) in [6, 6.07) is 8.44. The molecular formula is C23H24ClN5O3S. The van der Waals surface area contributed by atoms with E-state index in [0.29, 0.717) is 23.2 Å². The van der Waals surface area contributed by atoms with Crippen molar-refractivity contribution in [3.05, 3.63) is 57.5 Å². The number of ether oxygens (including phenoxy) is 1. The first-order chi connectivity index (χ1) is 15.9. The molecule has 10 heteroatoms. The van der Waals surface area contributed by atoms with Crippen molar-refractivity contribution in [2.45, 2.75) is 25.6 Å². The number of methoxy groups -OCH3 is 1. The Bertz CT molecular complexity index is 1210. The van der Waals surface area contributed by atoms with Gasteiger partial charge in [0.05, 0.1) is 16.5 Å². The number of halogens is 1. The van der Waals surface area contributed by atoms with Crippen molar-refractivity contribution >= 4 is 57.5 Å². The third-order valence-corrected chi connectivity index (χ3v) is 6.81. The van der Waals surface area contributed by atoms with Crippen LogP contribution in [-0.2, 0) is 20.9 Å². The molecule has 2 amide bonds. The lowest BCUT2D eigenvalue weighted by atomic mass is 10.0. The molecule has 0 saturated carbocycles. The first-order valence-corrected chi connectivity index (χ1v) is 11.6. The number of thiophene rings is 1. The molecule has 3 aromatic rings. The molecule has 4 rings (SSSR count). The lowest BCUT2D eigenvalue weighted by Gasteiger charge is -2.44. The van der Waals surface area contributed by atoms with E-state index in [9.17, 15) is 9.59 Å². The predicted octanol–water partition coefficient (Wildman–Crippen LogP) is 3.21. The predicted molar refractivity (Wildman–Crippen MR) is 130 cm³/mol. The zero-order valence-corrected chi connectivity index (χ0v) is 19.8. The summed E-state index contributed by atoms with van der Waals surface area (Å²) in [7, 11) is 1.52. The second-order valence-corrected chi connectivity index (χ2v) is 9.61. The minimum absolute atomic E-state index is 0.119. The maximum absolute atomic E-state index is 13.4. The van der Waals surface area contributed by atoms with Gasteiger partial charge in [-0.25, -0.2) is 9.97 Å². The third-order valence-electron chi connectivity index (χ3n) is 5.61. The molecule has 0 spiro atoms. The number of anilines is 1. The summed E-state index contributed by atoms with van der Waals surface area (Å²) in [6.07, 6.45) is 4.62. The Kier molecular flexibility index (Phi) is 6.92. The molecule has 8 nitrogen and oxygen atoms in total. The highest BCUT2D eigenvalue weighted by molar-refractivity contribution is 7.17. The first-order valence-electron chi connectivity index (χ1n) is 10.4. The minimum atomic E-state index is -0.700. The highest BCUT2D eigenvalue weighted by Crippen LogP contribution is 2.25. The second kappa shape index (κ2) is 9.86. The van der Waals surface area contributed by atoms with Crippen LogP contribution in [0.5, 0.6) is 0 Å². The first kappa shape index (κ1) is 23.2. The molecule has 1 aliphatic heterocycles. The van der Waals surface area contributed by atoms with Gasteiger partial charge in [-0.2, -0.15) is 0 Å². The van der Waals surface area contributed by atoms with Gasteiger partial charge in [-0.15, -0.1) is 11.3 Å². The fourth-order valence-electron chi connectivity index (χ4n) is 3.93. The SMILES string of the molecule is COC[C@H]1C(=O)N(Cc2ccc3c(N)ncnc3c2)C(C)CN1C(=O)C=Cc1ccc(Cl)s1. The smallest absolute Gasteiger partial charge is 0.248 e. The van der Waals surface area contributed by atoms with Crippen molar-refractivity contribution in [2.24, 2.45) is 0 Å². The molecule has 0 aliphatic carbocycles. The van der Waals surface area contributed by atoms with Crippen LogP contribution in [0.25, 0.3) is 17.0 Å². The number of aromatic nitrogens is 2. The van der Waals surface area contributed by atoms with Gasteiger partial charge in [0.15, 0.2) is 0 Å². The Morgan fingerprint density at radius 3 is 2.88 bits per heavy atom. The molecule has 1 aliphatic rings. The summed E-state index contributed by atoms with van der Waals surface area (Å²) in [6.45, 7) is 2.85. The number of carbonyl (C=O) groups excluding carboxylic acids is 2. The van der Waals surface area contributed by atoms with Crippen LogP contribution in [0.4, 0.5) is 5.82 Å². The maximum Gasteiger partial charge on any atom is 0.248 e. The summed E-state index contributed by atoms with van der Waals surface area (Å²) in [5.74, 6) is 0.0271. The summed E-state index contributed by atoms with van der Waals surface area (Å²) >= 11 is 7.34. The molecule has 1 aromatic carbocycles. The van der Waals surface area contributed by atoms with E-state index < -0.39 is 6.04 Å². The molecule has 2 N–H and O–H groups in total. The van der Waals surface area contributed by atoms with Gasteiger partial charge in [0.1, 0.15) is 18.2 Å². The van der Waals surface area contributed by atoms with Crippen molar-refractivity contribution < 1.29 is 14.3 Å². The van der Waals surface area contributed by atoms with Crippen LogP contribution in [0, 0.1) is 0 Å². The molecule has 1 fully saturated rings. The summed E-state index contributed by atoms with van der Waals surface area (Å²) in [5, 5.41) is 0.770. The van der Waals surface area contributed by atoms with Crippen LogP contribution in [0.2, 0.25) is 4.34 Å². The number of hydrogen-bond donors (Lipinski definition) is 1. The van der Waals surface area contributed by atoms with Gasteiger partial charge >= 0.3 is 0 Å². The average Bonchev–Trinajstić information content (AvgIpc) is 3.22. The number of rotatable bonds is 6.